The Hall–Kier alpha value is -2.37. The Bertz CT molecular complexity index is 569. The minimum atomic E-state index is -0.690. The normalized spacial score (nSPS) is 18.4. The lowest BCUT2D eigenvalue weighted by atomic mass is 10.0. The van der Waals surface area contributed by atoms with Crippen LogP contribution < -0.4 is 10.6 Å². The van der Waals surface area contributed by atoms with Crippen LogP contribution in [0, 0.1) is 0 Å². The van der Waals surface area contributed by atoms with E-state index in [1.54, 1.807) is 6.92 Å². The molecule has 0 aromatic heterocycles. The quantitative estimate of drug-likeness (QED) is 0.858. The van der Waals surface area contributed by atoms with Crippen LogP contribution in [0.2, 0.25) is 0 Å². The highest BCUT2D eigenvalue weighted by Crippen LogP contribution is 2.16. The monoisotopic (exact) mass is 303 g/mol. The zero-order valence-electron chi connectivity index (χ0n) is 13.0. The number of carbonyl (C=O) groups is 2. The van der Waals surface area contributed by atoms with Gasteiger partial charge < -0.3 is 15.5 Å². The molecule has 2 amide bonds. The minimum absolute atomic E-state index is 0.0302. The highest BCUT2D eigenvalue weighted by molar-refractivity contribution is 6.04. The number of hydrogen-bond acceptors (Lipinski definition) is 4. The van der Waals surface area contributed by atoms with Crippen molar-refractivity contribution in [3.8, 4) is 0 Å². The van der Waals surface area contributed by atoms with E-state index in [0.717, 1.165) is 11.3 Å². The van der Waals surface area contributed by atoms with Crippen molar-refractivity contribution in [2.45, 2.75) is 45.4 Å². The van der Waals surface area contributed by atoms with E-state index >= 15 is 0 Å². The van der Waals surface area contributed by atoms with Crippen LogP contribution >= 0.6 is 0 Å². The number of hydrogen-bond donors (Lipinski definition) is 2. The number of amides is 2. The van der Waals surface area contributed by atoms with Crippen molar-refractivity contribution in [1.29, 1.82) is 0 Å². The summed E-state index contributed by atoms with van der Waals surface area (Å²) >= 11 is 0. The number of benzene rings is 1. The second-order valence-corrected chi connectivity index (χ2v) is 5.60. The number of oxime groups is 1. The van der Waals surface area contributed by atoms with Crippen LogP contribution in [0.5, 0.6) is 0 Å². The molecule has 0 spiro atoms. The van der Waals surface area contributed by atoms with Gasteiger partial charge in [0.25, 0.3) is 5.91 Å². The molecule has 2 atom stereocenters. The molecule has 0 bridgehead atoms. The van der Waals surface area contributed by atoms with E-state index in [1.807, 2.05) is 44.2 Å². The minimum Gasteiger partial charge on any atom is -0.382 e. The lowest BCUT2D eigenvalue weighted by Gasteiger charge is -2.17. The van der Waals surface area contributed by atoms with Gasteiger partial charge in [0.15, 0.2) is 0 Å². The Morgan fingerprint density at radius 3 is 2.50 bits per heavy atom. The Morgan fingerprint density at radius 1 is 1.18 bits per heavy atom. The molecular weight excluding hydrogens is 282 g/mol. The summed E-state index contributed by atoms with van der Waals surface area (Å²) in [5.74, 6) is -0.549. The van der Waals surface area contributed by atoms with E-state index in [1.165, 1.54) is 0 Å². The molecule has 1 aromatic rings. The lowest BCUT2D eigenvalue weighted by molar-refractivity contribution is -0.135. The topological polar surface area (TPSA) is 79.8 Å². The molecule has 0 aliphatic carbocycles. The van der Waals surface area contributed by atoms with E-state index in [9.17, 15) is 9.59 Å². The Kier molecular flexibility index (Phi) is 5.14. The zero-order chi connectivity index (χ0) is 16.1. The molecule has 2 rings (SSSR count). The van der Waals surface area contributed by atoms with Gasteiger partial charge in [-0.25, -0.2) is 0 Å². The molecule has 2 N–H and O–H groups in total. The van der Waals surface area contributed by atoms with Gasteiger partial charge in [0.1, 0.15) is 6.04 Å². The number of nitrogens with one attached hydrogen (secondary N) is 2. The fourth-order valence-electron chi connectivity index (χ4n) is 2.10. The third-order valence-electron chi connectivity index (χ3n) is 3.25. The summed E-state index contributed by atoms with van der Waals surface area (Å²) in [4.78, 5) is 29.1. The van der Waals surface area contributed by atoms with Crippen molar-refractivity contribution in [3.05, 3.63) is 35.9 Å². The predicted molar refractivity (Wildman–Crippen MR) is 83.4 cm³/mol. The fraction of sp³-hybridized carbons (Fsp3) is 0.438. The van der Waals surface area contributed by atoms with E-state index in [4.69, 9.17) is 4.84 Å². The fourth-order valence-corrected chi connectivity index (χ4v) is 2.10. The van der Waals surface area contributed by atoms with E-state index < -0.39 is 12.1 Å². The van der Waals surface area contributed by atoms with Gasteiger partial charge in [0, 0.05) is 12.5 Å². The third kappa shape index (κ3) is 4.07. The van der Waals surface area contributed by atoms with Gasteiger partial charge in [-0.3, -0.25) is 9.59 Å². The number of rotatable bonds is 5. The summed E-state index contributed by atoms with van der Waals surface area (Å²) < 4.78 is 0. The molecule has 6 heteroatoms. The van der Waals surface area contributed by atoms with Gasteiger partial charge in [-0.05, 0) is 26.3 Å². The van der Waals surface area contributed by atoms with Gasteiger partial charge in [-0.1, -0.05) is 35.5 Å². The second-order valence-electron chi connectivity index (χ2n) is 5.60. The first-order chi connectivity index (χ1) is 10.5. The smallest absolute Gasteiger partial charge is 0.264 e. The summed E-state index contributed by atoms with van der Waals surface area (Å²) in [6, 6.07) is 8.98. The molecule has 0 saturated carbocycles. The van der Waals surface area contributed by atoms with Crippen molar-refractivity contribution < 1.29 is 14.4 Å². The van der Waals surface area contributed by atoms with Crippen LogP contribution in [-0.2, 0) is 14.4 Å². The summed E-state index contributed by atoms with van der Waals surface area (Å²) in [7, 11) is 0. The molecule has 118 valence electrons. The molecule has 1 aliphatic heterocycles. The molecule has 0 saturated heterocycles. The maximum atomic E-state index is 12.1. The Balaban J connectivity index is 1.87. The maximum absolute atomic E-state index is 12.1. The van der Waals surface area contributed by atoms with E-state index in [2.05, 4.69) is 15.8 Å². The number of carbonyl (C=O) groups excluding carboxylic acids is 2. The highest BCUT2D eigenvalue weighted by Gasteiger charge is 2.30. The molecule has 1 aromatic carbocycles. The summed E-state index contributed by atoms with van der Waals surface area (Å²) in [5, 5.41) is 9.36. The molecule has 1 heterocycles. The standard InChI is InChI=1S/C16H21N3O3/c1-10(2)17-15(20)11(3)18-16(21)14-9-13(19-22-14)12-7-5-4-6-8-12/h4-8,10-11,14H,9H2,1-3H3,(H,17,20)(H,18,21)/t11-,14-/m1/s1. The summed E-state index contributed by atoms with van der Waals surface area (Å²) in [6.45, 7) is 5.38. The number of nitrogens with zero attached hydrogens (tertiary/aromatic N) is 1. The molecule has 0 fully saturated rings. The first-order valence-corrected chi connectivity index (χ1v) is 7.36. The Morgan fingerprint density at radius 2 is 1.86 bits per heavy atom. The average Bonchev–Trinajstić information content (AvgIpc) is 2.97. The summed E-state index contributed by atoms with van der Waals surface area (Å²) in [5.41, 5.74) is 1.67. The van der Waals surface area contributed by atoms with Gasteiger partial charge in [0.2, 0.25) is 12.0 Å². The molecular formula is C16H21N3O3. The molecule has 1 aliphatic rings. The molecule has 0 radical (unpaired) electrons. The van der Waals surface area contributed by atoms with Gasteiger partial charge in [0.05, 0.1) is 5.71 Å². The summed E-state index contributed by atoms with van der Waals surface area (Å²) in [6.07, 6.45) is -0.293. The van der Waals surface area contributed by atoms with Crippen molar-refractivity contribution >= 4 is 17.5 Å². The van der Waals surface area contributed by atoms with Gasteiger partial charge >= 0.3 is 0 Å². The zero-order valence-corrected chi connectivity index (χ0v) is 13.0. The average molecular weight is 303 g/mol. The predicted octanol–water partition coefficient (Wildman–Crippen LogP) is 1.21. The lowest BCUT2D eigenvalue weighted by Crippen LogP contribution is -2.49. The van der Waals surface area contributed by atoms with Crippen molar-refractivity contribution in [3.63, 3.8) is 0 Å². The first-order valence-electron chi connectivity index (χ1n) is 7.36. The second kappa shape index (κ2) is 7.06. The van der Waals surface area contributed by atoms with E-state index in [0.29, 0.717) is 6.42 Å². The van der Waals surface area contributed by atoms with Crippen LogP contribution in [0.3, 0.4) is 0 Å². The van der Waals surface area contributed by atoms with Gasteiger partial charge in [-0.15, -0.1) is 0 Å². The Labute approximate surface area is 129 Å². The molecule has 6 nitrogen and oxygen atoms in total. The van der Waals surface area contributed by atoms with E-state index in [-0.39, 0.29) is 17.9 Å². The van der Waals surface area contributed by atoms with Crippen LogP contribution in [0.1, 0.15) is 32.8 Å². The maximum Gasteiger partial charge on any atom is 0.264 e. The van der Waals surface area contributed by atoms with Crippen LogP contribution in [-0.4, -0.2) is 35.7 Å². The SMILES string of the molecule is CC(C)NC(=O)[C@@H](C)NC(=O)[C@H]1CC(c2ccccc2)=NO1. The molecule has 22 heavy (non-hydrogen) atoms. The van der Waals surface area contributed by atoms with Crippen LogP contribution in [0.25, 0.3) is 0 Å². The van der Waals surface area contributed by atoms with Crippen LogP contribution in [0.15, 0.2) is 35.5 Å². The first kappa shape index (κ1) is 16.0. The molecule has 0 unspecified atom stereocenters. The van der Waals surface area contributed by atoms with Gasteiger partial charge in [-0.2, -0.15) is 0 Å². The third-order valence-corrected chi connectivity index (χ3v) is 3.25. The highest BCUT2D eigenvalue weighted by atomic mass is 16.6. The van der Waals surface area contributed by atoms with Crippen molar-refractivity contribution in [2.75, 3.05) is 0 Å². The van der Waals surface area contributed by atoms with Crippen molar-refractivity contribution in [1.82, 2.24) is 10.6 Å². The van der Waals surface area contributed by atoms with Crippen LogP contribution in [0.4, 0.5) is 0 Å². The largest absolute Gasteiger partial charge is 0.382 e. The van der Waals surface area contributed by atoms with Crippen molar-refractivity contribution in [2.24, 2.45) is 5.16 Å².